The summed E-state index contributed by atoms with van der Waals surface area (Å²) < 4.78 is 6.53. The second kappa shape index (κ2) is 5.52. The van der Waals surface area contributed by atoms with Crippen molar-refractivity contribution >= 4 is 5.78 Å². The molecule has 2 saturated carbocycles. The molecule has 24 heavy (non-hydrogen) atoms. The van der Waals surface area contributed by atoms with E-state index in [9.17, 15) is 15.0 Å². The van der Waals surface area contributed by atoms with Crippen LogP contribution in [0.25, 0.3) is 0 Å². The molecule has 0 spiro atoms. The molecule has 3 rings (SSSR count). The van der Waals surface area contributed by atoms with E-state index in [1.807, 2.05) is 6.92 Å². The van der Waals surface area contributed by atoms with E-state index in [0.717, 1.165) is 32.1 Å². The highest BCUT2D eigenvalue weighted by Gasteiger charge is 2.63. The molecule has 138 valence electrons. The van der Waals surface area contributed by atoms with Gasteiger partial charge in [-0.1, -0.05) is 20.8 Å². The second-order valence-electron chi connectivity index (χ2n) is 9.76. The van der Waals surface area contributed by atoms with Crippen LogP contribution in [0.2, 0.25) is 0 Å². The monoisotopic (exact) mass is 338 g/mol. The van der Waals surface area contributed by atoms with Crippen LogP contribution in [0.4, 0.5) is 0 Å². The Bertz CT molecular complexity index is 530. The summed E-state index contributed by atoms with van der Waals surface area (Å²) in [6, 6.07) is 0. The summed E-state index contributed by atoms with van der Waals surface area (Å²) in [6.45, 7) is 10.5. The smallest absolute Gasteiger partial charge is 0.138 e. The maximum atomic E-state index is 12.5. The van der Waals surface area contributed by atoms with Gasteiger partial charge in [0.15, 0.2) is 0 Å². The Balaban J connectivity index is 1.92. The van der Waals surface area contributed by atoms with Crippen LogP contribution < -0.4 is 0 Å². The number of ketones is 1. The van der Waals surface area contributed by atoms with E-state index in [-0.39, 0.29) is 23.0 Å². The van der Waals surface area contributed by atoms with Crippen molar-refractivity contribution in [1.29, 1.82) is 0 Å². The van der Waals surface area contributed by atoms with Gasteiger partial charge >= 0.3 is 0 Å². The lowest BCUT2D eigenvalue weighted by Crippen LogP contribution is -2.65. The third kappa shape index (κ3) is 2.40. The highest BCUT2D eigenvalue weighted by atomic mass is 16.5. The summed E-state index contributed by atoms with van der Waals surface area (Å²) in [6.07, 6.45) is 4.43. The lowest BCUT2D eigenvalue weighted by Gasteiger charge is -2.65. The van der Waals surface area contributed by atoms with Crippen molar-refractivity contribution in [3.63, 3.8) is 0 Å². The van der Waals surface area contributed by atoms with E-state index >= 15 is 0 Å². The Morgan fingerprint density at radius 2 is 1.71 bits per heavy atom. The van der Waals surface area contributed by atoms with E-state index in [4.69, 9.17) is 4.74 Å². The third-order valence-corrected chi connectivity index (χ3v) is 8.01. The average Bonchev–Trinajstić information content (AvgIpc) is 2.49. The van der Waals surface area contributed by atoms with Crippen LogP contribution in [-0.4, -0.2) is 39.9 Å². The van der Waals surface area contributed by atoms with E-state index in [2.05, 4.69) is 27.7 Å². The van der Waals surface area contributed by atoms with Crippen LogP contribution in [0, 0.1) is 22.7 Å². The van der Waals surface area contributed by atoms with Gasteiger partial charge in [0.2, 0.25) is 0 Å². The zero-order chi connectivity index (χ0) is 18.0. The SMILES string of the molecule is CC1(C)C(=O)CC[C@]2(C)[C@@H]1CC[C@]1(C)O[C@@](C)([C@H](O)CO)CC[C@@H]21. The molecule has 1 heterocycles. The van der Waals surface area contributed by atoms with E-state index in [1.54, 1.807) is 0 Å². The molecule has 4 heteroatoms. The van der Waals surface area contributed by atoms with Gasteiger partial charge in [-0.05, 0) is 63.2 Å². The van der Waals surface area contributed by atoms with Crippen LogP contribution >= 0.6 is 0 Å². The van der Waals surface area contributed by atoms with Gasteiger partial charge in [-0.2, -0.15) is 0 Å². The Kier molecular flexibility index (Phi) is 4.22. The number of aliphatic hydroxyl groups excluding tert-OH is 2. The second-order valence-corrected chi connectivity index (χ2v) is 9.76. The molecule has 1 aliphatic heterocycles. The summed E-state index contributed by atoms with van der Waals surface area (Å²) >= 11 is 0. The van der Waals surface area contributed by atoms with E-state index < -0.39 is 11.7 Å². The molecular formula is C20H34O4. The van der Waals surface area contributed by atoms with Gasteiger partial charge in [0, 0.05) is 11.8 Å². The number of fused-ring (bicyclic) bond motifs is 3. The van der Waals surface area contributed by atoms with Gasteiger partial charge < -0.3 is 14.9 Å². The molecule has 3 fully saturated rings. The summed E-state index contributed by atoms with van der Waals surface area (Å²) in [5.74, 6) is 1.21. The van der Waals surface area contributed by atoms with Gasteiger partial charge in [0.1, 0.15) is 11.9 Å². The minimum atomic E-state index is -0.842. The van der Waals surface area contributed by atoms with E-state index in [1.165, 1.54) is 0 Å². The first-order valence-electron chi connectivity index (χ1n) is 9.52. The number of ether oxygens (including phenoxy) is 1. The summed E-state index contributed by atoms with van der Waals surface area (Å²) in [5, 5.41) is 19.6. The van der Waals surface area contributed by atoms with Crippen molar-refractivity contribution in [2.45, 2.75) is 90.4 Å². The van der Waals surface area contributed by atoms with Crippen LogP contribution in [0.15, 0.2) is 0 Å². The van der Waals surface area contributed by atoms with Crippen LogP contribution in [0.1, 0.15) is 73.1 Å². The molecule has 0 unspecified atom stereocenters. The summed E-state index contributed by atoms with van der Waals surface area (Å²) in [4.78, 5) is 12.5. The molecule has 1 saturated heterocycles. The zero-order valence-electron chi connectivity index (χ0n) is 15.9. The van der Waals surface area contributed by atoms with E-state index in [0.29, 0.717) is 24.0 Å². The highest BCUT2D eigenvalue weighted by molar-refractivity contribution is 5.85. The normalized spacial score (nSPS) is 49.2. The number of carbonyl (C=O) groups excluding carboxylic acids is 1. The first kappa shape index (κ1) is 18.3. The maximum absolute atomic E-state index is 12.5. The molecule has 3 aliphatic rings. The lowest BCUT2D eigenvalue weighted by atomic mass is 9.44. The fourth-order valence-electron chi connectivity index (χ4n) is 6.51. The Morgan fingerprint density at radius 1 is 1.08 bits per heavy atom. The first-order valence-corrected chi connectivity index (χ1v) is 9.52. The van der Waals surface area contributed by atoms with Gasteiger partial charge in [-0.15, -0.1) is 0 Å². The van der Waals surface area contributed by atoms with Crippen molar-refractivity contribution in [3.8, 4) is 0 Å². The van der Waals surface area contributed by atoms with Crippen molar-refractivity contribution in [3.05, 3.63) is 0 Å². The van der Waals surface area contributed by atoms with Gasteiger partial charge in [-0.3, -0.25) is 4.79 Å². The zero-order valence-corrected chi connectivity index (χ0v) is 15.9. The number of carbonyl (C=O) groups is 1. The number of hydrogen-bond donors (Lipinski definition) is 2. The third-order valence-electron chi connectivity index (χ3n) is 8.01. The molecule has 0 radical (unpaired) electrons. The van der Waals surface area contributed by atoms with Crippen molar-refractivity contribution < 1.29 is 19.7 Å². The topological polar surface area (TPSA) is 66.8 Å². The largest absolute Gasteiger partial charge is 0.394 e. The molecule has 0 aromatic rings. The van der Waals surface area contributed by atoms with Crippen LogP contribution in [0.5, 0.6) is 0 Å². The number of hydrogen-bond acceptors (Lipinski definition) is 4. The van der Waals surface area contributed by atoms with Crippen LogP contribution in [0.3, 0.4) is 0 Å². The van der Waals surface area contributed by atoms with Crippen molar-refractivity contribution in [1.82, 2.24) is 0 Å². The predicted molar refractivity (Wildman–Crippen MR) is 92.6 cm³/mol. The fourth-order valence-corrected chi connectivity index (χ4v) is 6.51. The quantitative estimate of drug-likeness (QED) is 0.812. The summed E-state index contributed by atoms with van der Waals surface area (Å²) in [7, 11) is 0. The lowest BCUT2D eigenvalue weighted by molar-refractivity contribution is -0.285. The van der Waals surface area contributed by atoms with Gasteiger partial charge in [0.05, 0.1) is 17.8 Å². The first-order chi connectivity index (χ1) is 11.0. The average molecular weight is 338 g/mol. The van der Waals surface area contributed by atoms with Gasteiger partial charge in [-0.25, -0.2) is 0 Å². The summed E-state index contributed by atoms with van der Waals surface area (Å²) in [5.41, 5.74) is -1.11. The Morgan fingerprint density at radius 3 is 2.33 bits per heavy atom. The molecule has 0 bridgehead atoms. The molecule has 4 nitrogen and oxygen atoms in total. The van der Waals surface area contributed by atoms with Crippen molar-refractivity contribution in [2.75, 3.05) is 6.61 Å². The van der Waals surface area contributed by atoms with Crippen LogP contribution in [-0.2, 0) is 9.53 Å². The van der Waals surface area contributed by atoms with Gasteiger partial charge in [0.25, 0.3) is 0 Å². The maximum Gasteiger partial charge on any atom is 0.138 e. The number of aliphatic hydroxyl groups is 2. The fraction of sp³-hybridized carbons (Fsp3) is 0.950. The molecule has 6 atom stereocenters. The number of rotatable bonds is 2. The molecular weight excluding hydrogens is 304 g/mol. The molecule has 0 amide bonds. The minimum absolute atomic E-state index is 0.107. The molecule has 0 aromatic carbocycles. The number of Topliss-reactive ketones (excluding diaryl/α,β-unsaturated/α-hetero) is 1. The molecule has 0 aromatic heterocycles. The predicted octanol–water partition coefficient (Wildman–Crippen LogP) is 3.09. The Hall–Kier alpha value is -0.450. The minimum Gasteiger partial charge on any atom is -0.394 e. The molecule has 2 aliphatic carbocycles. The standard InChI is InChI=1S/C20H34O4/c1-17(2)13-6-10-19(4)14(18(13,3)9-8-15(17)22)7-11-20(5,24-19)16(23)12-21/h13-14,16,21,23H,6-12H2,1-5H3/t13-,14+,16-,18-,19+,20-/m1/s1. The molecule has 2 N–H and O–H groups in total. The highest BCUT2D eigenvalue weighted by Crippen LogP contribution is 2.64. The Labute approximate surface area is 146 Å². The van der Waals surface area contributed by atoms with Crippen molar-refractivity contribution in [2.24, 2.45) is 22.7 Å².